The van der Waals surface area contributed by atoms with Gasteiger partial charge in [-0.05, 0) is 29.5 Å². The van der Waals surface area contributed by atoms with Crippen molar-refractivity contribution in [3.8, 4) is 11.1 Å². The monoisotopic (exact) mass is 380 g/mol. The number of carbonyl (C=O) groups is 2. The Labute approximate surface area is 163 Å². The Morgan fingerprint density at radius 3 is 2.46 bits per heavy atom. The van der Waals surface area contributed by atoms with Gasteiger partial charge in [-0.15, -0.1) is 0 Å². The molecule has 0 radical (unpaired) electrons. The Bertz CT molecular complexity index is 871. The Morgan fingerprint density at radius 2 is 1.79 bits per heavy atom. The van der Waals surface area contributed by atoms with Crippen LogP contribution in [0.3, 0.4) is 0 Å². The van der Waals surface area contributed by atoms with Crippen molar-refractivity contribution in [2.45, 2.75) is 30.5 Å². The fourth-order valence-electron chi connectivity index (χ4n) is 4.27. The van der Waals surface area contributed by atoms with Crippen LogP contribution in [0.1, 0.15) is 18.4 Å². The minimum absolute atomic E-state index is 0.108. The molecule has 1 unspecified atom stereocenters. The molecule has 3 atom stereocenters. The van der Waals surface area contributed by atoms with Gasteiger partial charge < -0.3 is 16.0 Å². The molecule has 0 aliphatic carbocycles. The molecule has 146 valence electrons. The summed E-state index contributed by atoms with van der Waals surface area (Å²) < 4.78 is 0. The molecule has 5 N–H and O–H groups in total. The summed E-state index contributed by atoms with van der Waals surface area (Å²) >= 11 is 0. The Hall–Kier alpha value is -2.74. The lowest BCUT2D eigenvalue weighted by atomic mass is 9.78. The molecule has 0 aromatic heterocycles. The first-order valence-electron chi connectivity index (χ1n) is 9.47. The van der Waals surface area contributed by atoms with Gasteiger partial charge in [-0.1, -0.05) is 54.6 Å². The van der Waals surface area contributed by atoms with E-state index in [9.17, 15) is 9.59 Å². The lowest BCUT2D eigenvalue weighted by Gasteiger charge is -2.49. The van der Waals surface area contributed by atoms with E-state index in [1.165, 1.54) is 0 Å². The number of nitrogens with one attached hydrogen (secondary N) is 2. The average molecular weight is 380 g/mol. The molecule has 2 fully saturated rings. The number of carbonyl (C=O) groups excluding carboxylic acids is 2. The summed E-state index contributed by atoms with van der Waals surface area (Å²) in [6.45, 7) is 0.904. The number of hydrogen-bond acceptors (Lipinski definition) is 5. The highest BCUT2D eigenvalue weighted by molar-refractivity contribution is 5.94. The van der Waals surface area contributed by atoms with Gasteiger partial charge in [-0.3, -0.25) is 14.8 Å². The second kappa shape index (κ2) is 7.35. The lowest BCUT2D eigenvalue weighted by Crippen LogP contribution is -2.70. The van der Waals surface area contributed by atoms with Crippen LogP contribution in [0.5, 0.6) is 0 Å². The van der Waals surface area contributed by atoms with E-state index in [2.05, 4.69) is 5.32 Å². The highest BCUT2D eigenvalue weighted by Crippen LogP contribution is 2.36. The third-order valence-corrected chi connectivity index (χ3v) is 5.85. The molecule has 2 aliphatic heterocycles. The fraction of sp³-hybridized carbons (Fsp3) is 0.333. The highest BCUT2D eigenvalue weighted by Gasteiger charge is 2.50. The molecular formula is C21H24N4O3. The van der Waals surface area contributed by atoms with E-state index in [-0.39, 0.29) is 18.5 Å². The van der Waals surface area contributed by atoms with Crippen molar-refractivity contribution in [1.82, 2.24) is 15.7 Å². The maximum atomic E-state index is 13.4. The standard InChI is InChI=1S/C21H24N4O3/c22-21(16-8-6-15(7-9-16)14-4-2-1-3-5-14)11-10-17-12-23-13-18(19(26)24-28)25(17)20(21)27/h1-9,17-18,23,28H,10-13,22H2,(H,24,26)/t17?,18-,21-/m1/s1. The Kier molecular flexibility index (Phi) is 4.89. The minimum Gasteiger partial charge on any atom is -0.323 e. The van der Waals surface area contributed by atoms with Crippen LogP contribution in [0.25, 0.3) is 11.1 Å². The van der Waals surface area contributed by atoms with E-state index in [0.29, 0.717) is 19.4 Å². The van der Waals surface area contributed by atoms with Gasteiger partial charge in [0.1, 0.15) is 11.6 Å². The van der Waals surface area contributed by atoms with E-state index in [1.807, 2.05) is 54.6 Å². The normalized spacial score (nSPS) is 27.2. The van der Waals surface area contributed by atoms with Gasteiger partial charge in [0.2, 0.25) is 5.91 Å². The predicted octanol–water partition coefficient (Wildman–Crippen LogP) is 0.976. The molecule has 28 heavy (non-hydrogen) atoms. The third kappa shape index (κ3) is 3.07. The van der Waals surface area contributed by atoms with Crippen LogP contribution < -0.4 is 16.5 Å². The first kappa shape index (κ1) is 18.6. The van der Waals surface area contributed by atoms with Crippen molar-refractivity contribution in [3.05, 3.63) is 60.2 Å². The van der Waals surface area contributed by atoms with E-state index >= 15 is 0 Å². The van der Waals surface area contributed by atoms with E-state index in [0.717, 1.165) is 16.7 Å². The Balaban J connectivity index is 1.64. The highest BCUT2D eigenvalue weighted by atomic mass is 16.5. The quantitative estimate of drug-likeness (QED) is 0.469. The topological polar surface area (TPSA) is 108 Å². The molecule has 0 bridgehead atoms. The van der Waals surface area contributed by atoms with E-state index in [4.69, 9.17) is 10.9 Å². The number of nitrogens with zero attached hydrogens (tertiary/aromatic N) is 1. The predicted molar refractivity (Wildman–Crippen MR) is 104 cm³/mol. The van der Waals surface area contributed by atoms with Crippen LogP contribution in [-0.2, 0) is 15.1 Å². The number of piperidine rings is 1. The van der Waals surface area contributed by atoms with Crippen molar-refractivity contribution < 1.29 is 14.8 Å². The largest absolute Gasteiger partial charge is 0.323 e. The molecule has 2 aromatic carbocycles. The summed E-state index contributed by atoms with van der Waals surface area (Å²) in [5, 5.41) is 12.2. The summed E-state index contributed by atoms with van der Waals surface area (Å²) in [7, 11) is 0. The molecule has 2 aromatic rings. The average Bonchev–Trinajstić information content (AvgIpc) is 2.76. The minimum atomic E-state index is -1.18. The molecular weight excluding hydrogens is 356 g/mol. The molecule has 2 amide bonds. The van der Waals surface area contributed by atoms with Crippen molar-refractivity contribution in [2.75, 3.05) is 13.1 Å². The first-order chi connectivity index (χ1) is 13.5. The number of nitrogens with two attached hydrogens (primary N) is 1. The molecule has 0 spiro atoms. The first-order valence-corrected chi connectivity index (χ1v) is 9.47. The van der Waals surface area contributed by atoms with E-state index < -0.39 is 17.5 Å². The molecule has 0 saturated carbocycles. The van der Waals surface area contributed by atoms with Gasteiger partial charge in [0.05, 0.1) is 0 Å². The van der Waals surface area contributed by atoms with Gasteiger partial charge in [0, 0.05) is 19.1 Å². The summed E-state index contributed by atoms with van der Waals surface area (Å²) in [4.78, 5) is 27.0. The van der Waals surface area contributed by atoms with Gasteiger partial charge >= 0.3 is 0 Å². The van der Waals surface area contributed by atoms with E-state index in [1.54, 1.807) is 10.4 Å². The zero-order chi connectivity index (χ0) is 19.7. The zero-order valence-corrected chi connectivity index (χ0v) is 15.5. The van der Waals surface area contributed by atoms with Crippen molar-refractivity contribution >= 4 is 11.8 Å². The number of hydrogen-bond donors (Lipinski definition) is 4. The van der Waals surface area contributed by atoms with Crippen molar-refractivity contribution in [3.63, 3.8) is 0 Å². The molecule has 2 aliphatic rings. The molecule has 7 heteroatoms. The summed E-state index contributed by atoms with van der Waals surface area (Å²) in [6, 6.07) is 16.8. The maximum absolute atomic E-state index is 13.4. The number of hydroxylamine groups is 1. The van der Waals surface area contributed by atoms with Gasteiger partial charge in [-0.25, -0.2) is 5.48 Å². The number of piperazine rings is 1. The van der Waals surface area contributed by atoms with Gasteiger partial charge in [-0.2, -0.15) is 0 Å². The summed E-state index contributed by atoms with van der Waals surface area (Å²) in [6.07, 6.45) is 1.19. The molecule has 2 saturated heterocycles. The van der Waals surface area contributed by atoms with Gasteiger partial charge in [0.15, 0.2) is 0 Å². The second-order valence-electron chi connectivity index (χ2n) is 7.47. The molecule has 4 rings (SSSR count). The number of rotatable bonds is 3. The fourth-order valence-corrected chi connectivity index (χ4v) is 4.27. The molecule has 7 nitrogen and oxygen atoms in total. The van der Waals surface area contributed by atoms with Gasteiger partial charge in [0.25, 0.3) is 5.91 Å². The van der Waals surface area contributed by atoms with Crippen LogP contribution in [0.2, 0.25) is 0 Å². The number of fused-ring (bicyclic) bond motifs is 1. The Morgan fingerprint density at radius 1 is 1.11 bits per heavy atom. The van der Waals surface area contributed by atoms with Crippen LogP contribution in [0.15, 0.2) is 54.6 Å². The number of amides is 2. The van der Waals surface area contributed by atoms with Crippen LogP contribution in [0, 0.1) is 0 Å². The molecule has 2 heterocycles. The smallest absolute Gasteiger partial charge is 0.267 e. The zero-order valence-electron chi connectivity index (χ0n) is 15.5. The lowest BCUT2D eigenvalue weighted by molar-refractivity contribution is -0.156. The SMILES string of the molecule is N[C@@]1(c2ccc(-c3ccccc3)cc2)CCC2CNC[C@H](C(=O)NO)N2C1=O. The maximum Gasteiger partial charge on any atom is 0.267 e. The second-order valence-corrected chi connectivity index (χ2v) is 7.47. The summed E-state index contributed by atoms with van der Waals surface area (Å²) in [5.41, 5.74) is 9.98. The van der Waals surface area contributed by atoms with Crippen molar-refractivity contribution in [1.29, 1.82) is 0 Å². The number of benzene rings is 2. The van der Waals surface area contributed by atoms with Crippen LogP contribution >= 0.6 is 0 Å². The summed E-state index contributed by atoms with van der Waals surface area (Å²) in [5.74, 6) is -0.875. The third-order valence-electron chi connectivity index (χ3n) is 5.85. The van der Waals surface area contributed by atoms with Crippen LogP contribution in [0.4, 0.5) is 0 Å². The van der Waals surface area contributed by atoms with Crippen molar-refractivity contribution in [2.24, 2.45) is 5.73 Å². The van der Waals surface area contributed by atoms with Crippen LogP contribution in [-0.4, -0.2) is 47.1 Å².